The molecule has 6 nitrogen and oxygen atoms in total. The van der Waals surface area contributed by atoms with Gasteiger partial charge >= 0.3 is 0 Å². The minimum atomic E-state index is -0.297. The molecule has 2 aromatic rings. The van der Waals surface area contributed by atoms with E-state index >= 15 is 0 Å². The zero-order chi connectivity index (χ0) is 22.2. The molecule has 7 heteroatoms. The minimum Gasteiger partial charge on any atom is -0.308 e. The summed E-state index contributed by atoms with van der Waals surface area (Å²) in [6, 6.07) is 15.3. The van der Waals surface area contributed by atoms with Crippen molar-refractivity contribution in [2.75, 3.05) is 19.6 Å². The molecule has 2 aromatic carbocycles. The second-order valence-electron chi connectivity index (χ2n) is 9.14. The van der Waals surface area contributed by atoms with E-state index in [9.17, 15) is 9.59 Å². The second-order valence-corrected chi connectivity index (χ2v) is 9.63. The van der Waals surface area contributed by atoms with Crippen molar-refractivity contribution in [3.63, 3.8) is 0 Å². The average molecular weight is 451 g/mol. The van der Waals surface area contributed by atoms with Crippen molar-refractivity contribution in [2.24, 2.45) is 0 Å². The number of imide groups is 1. The van der Waals surface area contributed by atoms with Gasteiger partial charge in [0.1, 0.15) is 0 Å². The van der Waals surface area contributed by atoms with Gasteiger partial charge in [0, 0.05) is 45.2 Å². The number of piperidine rings is 1. The van der Waals surface area contributed by atoms with Crippen LogP contribution in [0.1, 0.15) is 52.1 Å². The first-order valence-corrected chi connectivity index (χ1v) is 11.9. The lowest BCUT2D eigenvalue weighted by Gasteiger charge is -2.34. The van der Waals surface area contributed by atoms with Gasteiger partial charge in [-0.05, 0) is 41.2 Å². The number of benzene rings is 2. The number of aryl methyl sites for hydroxylation is 1. The highest BCUT2D eigenvalue weighted by molar-refractivity contribution is 7.80. The minimum absolute atomic E-state index is 0.118. The zero-order valence-corrected chi connectivity index (χ0v) is 19.3. The number of amides is 2. The number of hydrogen-bond donors (Lipinski definition) is 3. The third-order valence-corrected chi connectivity index (χ3v) is 7.57. The Morgan fingerprint density at radius 2 is 1.97 bits per heavy atom. The summed E-state index contributed by atoms with van der Waals surface area (Å²) in [4.78, 5) is 28.5. The van der Waals surface area contributed by atoms with E-state index in [1.807, 2.05) is 0 Å². The largest absolute Gasteiger partial charge is 0.308 e. The first-order valence-electron chi connectivity index (χ1n) is 11.4. The first kappa shape index (κ1) is 21.6. The molecule has 3 unspecified atom stereocenters. The van der Waals surface area contributed by atoms with E-state index < -0.39 is 0 Å². The van der Waals surface area contributed by atoms with Gasteiger partial charge in [0.15, 0.2) is 0 Å². The summed E-state index contributed by atoms with van der Waals surface area (Å²) in [6.45, 7) is 6.77. The predicted octanol–water partition coefficient (Wildman–Crippen LogP) is 2.69. The van der Waals surface area contributed by atoms with Crippen LogP contribution in [0.2, 0.25) is 0 Å². The number of hydrogen-bond acceptors (Lipinski definition) is 6. The van der Waals surface area contributed by atoms with Crippen LogP contribution in [-0.2, 0) is 22.7 Å². The Bertz CT molecular complexity index is 1040. The maximum absolute atomic E-state index is 12.4. The molecule has 2 fully saturated rings. The number of carbonyl (C=O) groups excluding carboxylic acids is 2. The molecule has 3 atom stereocenters. The Morgan fingerprint density at radius 1 is 1.12 bits per heavy atom. The molecule has 2 N–H and O–H groups in total. The maximum atomic E-state index is 12.4. The lowest BCUT2D eigenvalue weighted by molar-refractivity contribution is -0.137. The highest BCUT2D eigenvalue weighted by Gasteiger charge is 2.39. The van der Waals surface area contributed by atoms with Crippen LogP contribution in [-0.4, -0.2) is 47.3 Å². The van der Waals surface area contributed by atoms with Gasteiger partial charge in [-0.1, -0.05) is 42.5 Å². The Kier molecular flexibility index (Phi) is 6.07. The van der Waals surface area contributed by atoms with Crippen molar-refractivity contribution in [3.05, 3.63) is 70.3 Å². The van der Waals surface area contributed by atoms with Crippen molar-refractivity contribution in [2.45, 2.75) is 50.3 Å². The number of fused-ring (bicyclic) bond motifs is 1. The number of thiol groups is 1. The molecule has 3 aliphatic rings. The molecule has 32 heavy (non-hydrogen) atoms. The number of rotatable bonds is 4. The van der Waals surface area contributed by atoms with E-state index in [-0.39, 0.29) is 23.2 Å². The summed E-state index contributed by atoms with van der Waals surface area (Å²) in [5, 5.41) is 6.03. The molecular formula is C25H30N4O2S. The molecule has 3 aliphatic heterocycles. The summed E-state index contributed by atoms with van der Waals surface area (Å²) in [7, 11) is 0. The monoisotopic (exact) mass is 450 g/mol. The first-order chi connectivity index (χ1) is 15.5. The summed E-state index contributed by atoms with van der Waals surface area (Å²) < 4.78 is 0. The molecule has 0 saturated carbocycles. The third kappa shape index (κ3) is 4.22. The normalized spacial score (nSPS) is 26.8. The maximum Gasteiger partial charge on any atom is 0.243 e. The van der Waals surface area contributed by atoms with E-state index in [2.05, 4.69) is 69.8 Å². The fourth-order valence-corrected chi connectivity index (χ4v) is 5.78. The lowest BCUT2D eigenvalue weighted by Crippen LogP contribution is -2.51. The zero-order valence-electron chi connectivity index (χ0n) is 18.4. The van der Waals surface area contributed by atoms with Crippen LogP contribution >= 0.6 is 12.6 Å². The lowest BCUT2D eigenvalue weighted by atomic mass is 9.99. The van der Waals surface area contributed by atoms with Crippen LogP contribution in [0.25, 0.3) is 0 Å². The van der Waals surface area contributed by atoms with Crippen molar-refractivity contribution in [1.29, 1.82) is 0 Å². The molecule has 3 heterocycles. The molecule has 2 amide bonds. The Labute approximate surface area is 194 Å². The van der Waals surface area contributed by atoms with Crippen molar-refractivity contribution in [1.82, 2.24) is 20.4 Å². The number of carbonyl (C=O) groups is 2. The molecule has 0 bridgehead atoms. The summed E-state index contributed by atoms with van der Waals surface area (Å²) >= 11 is 4.81. The number of nitrogens with zero attached hydrogens (tertiary/aromatic N) is 2. The highest BCUT2D eigenvalue weighted by Crippen LogP contribution is 2.39. The highest BCUT2D eigenvalue weighted by atomic mass is 32.1. The van der Waals surface area contributed by atoms with E-state index in [1.165, 1.54) is 27.8 Å². The van der Waals surface area contributed by atoms with E-state index in [0.717, 1.165) is 26.2 Å². The van der Waals surface area contributed by atoms with Gasteiger partial charge in [0.25, 0.3) is 0 Å². The van der Waals surface area contributed by atoms with Crippen LogP contribution in [0.15, 0.2) is 42.5 Å². The molecular weight excluding hydrogens is 420 g/mol. The SMILES string of the molecule is Cc1ccccc1C1CN(Cc2ccc3c(c2)CN(C2CCC(=O)NC2=O)C3S)CCN1. The average Bonchev–Trinajstić information content (AvgIpc) is 3.10. The number of nitrogens with one attached hydrogen (secondary N) is 2. The van der Waals surface area contributed by atoms with Crippen LogP contribution in [0.3, 0.4) is 0 Å². The molecule has 2 saturated heterocycles. The van der Waals surface area contributed by atoms with Gasteiger partial charge < -0.3 is 5.32 Å². The molecule has 0 radical (unpaired) electrons. The summed E-state index contributed by atoms with van der Waals surface area (Å²) in [6.07, 6.45) is 0.948. The third-order valence-electron chi connectivity index (χ3n) is 6.99. The molecule has 0 spiro atoms. The second kappa shape index (κ2) is 8.98. The summed E-state index contributed by atoms with van der Waals surface area (Å²) in [5.41, 5.74) is 6.40. The van der Waals surface area contributed by atoms with Gasteiger partial charge in [-0.3, -0.25) is 24.7 Å². The van der Waals surface area contributed by atoms with E-state index in [1.54, 1.807) is 0 Å². The van der Waals surface area contributed by atoms with Gasteiger partial charge in [-0.25, -0.2) is 0 Å². The van der Waals surface area contributed by atoms with E-state index in [0.29, 0.717) is 25.4 Å². The molecule has 0 aliphatic carbocycles. The summed E-state index contributed by atoms with van der Waals surface area (Å²) in [5.74, 6) is -0.377. The molecule has 168 valence electrons. The van der Waals surface area contributed by atoms with Gasteiger partial charge in [-0.2, -0.15) is 12.6 Å². The topological polar surface area (TPSA) is 64.7 Å². The van der Waals surface area contributed by atoms with E-state index in [4.69, 9.17) is 12.6 Å². The molecule has 5 rings (SSSR count). The Hall–Kier alpha value is -2.19. The van der Waals surface area contributed by atoms with Crippen LogP contribution in [0, 0.1) is 6.92 Å². The smallest absolute Gasteiger partial charge is 0.243 e. The van der Waals surface area contributed by atoms with Crippen LogP contribution in [0.5, 0.6) is 0 Å². The van der Waals surface area contributed by atoms with Crippen molar-refractivity contribution >= 4 is 24.4 Å². The van der Waals surface area contributed by atoms with Gasteiger partial charge in [0.2, 0.25) is 11.8 Å². The predicted molar refractivity (Wildman–Crippen MR) is 127 cm³/mol. The number of piperazine rings is 1. The van der Waals surface area contributed by atoms with Gasteiger partial charge in [-0.15, -0.1) is 0 Å². The Balaban J connectivity index is 1.27. The standard InChI is InChI=1S/C25H30N4O2S/c1-16-4-2-3-5-19(16)21-15-28(11-10-26-21)13-17-6-7-20-18(12-17)14-29(25(20)32)22-8-9-23(30)27-24(22)31/h2-7,12,21-22,25-26,32H,8-11,13-15H2,1H3,(H,27,30,31). The fourth-order valence-electron chi connectivity index (χ4n) is 5.29. The van der Waals surface area contributed by atoms with Crippen LogP contribution < -0.4 is 10.6 Å². The van der Waals surface area contributed by atoms with Gasteiger partial charge in [0.05, 0.1) is 11.4 Å². The Morgan fingerprint density at radius 3 is 2.78 bits per heavy atom. The fraction of sp³-hybridized carbons (Fsp3) is 0.440. The quantitative estimate of drug-likeness (QED) is 0.494. The van der Waals surface area contributed by atoms with Crippen LogP contribution in [0.4, 0.5) is 0 Å². The van der Waals surface area contributed by atoms with Crippen molar-refractivity contribution < 1.29 is 9.59 Å². The molecule has 0 aromatic heterocycles. The van der Waals surface area contributed by atoms with Crippen molar-refractivity contribution in [3.8, 4) is 0 Å².